The van der Waals surface area contributed by atoms with Crippen LogP contribution >= 0.6 is 0 Å². The van der Waals surface area contributed by atoms with Crippen LogP contribution in [0.1, 0.15) is 44.6 Å². The maximum absolute atomic E-state index is 13.0. The molecule has 0 unspecified atom stereocenters. The van der Waals surface area contributed by atoms with Crippen LogP contribution in [0.3, 0.4) is 0 Å². The van der Waals surface area contributed by atoms with Crippen molar-refractivity contribution in [2.75, 3.05) is 19.8 Å². The Kier molecular flexibility index (Phi) is 4.87. The lowest BCUT2D eigenvalue weighted by Crippen LogP contribution is -2.45. The number of imide groups is 1. The summed E-state index contributed by atoms with van der Waals surface area (Å²) in [6.07, 6.45) is 5.27. The summed E-state index contributed by atoms with van der Waals surface area (Å²) < 4.78 is 11.1. The van der Waals surface area contributed by atoms with Gasteiger partial charge in [0.25, 0.3) is 5.91 Å². The molecule has 0 spiro atoms. The molecule has 28 heavy (non-hydrogen) atoms. The Labute approximate surface area is 163 Å². The van der Waals surface area contributed by atoms with Gasteiger partial charge in [0.2, 0.25) is 5.91 Å². The molecule has 1 aliphatic carbocycles. The van der Waals surface area contributed by atoms with Crippen molar-refractivity contribution in [3.63, 3.8) is 0 Å². The summed E-state index contributed by atoms with van der Waals surface area (Å²) in [6.45, 7) is 2.27. The molecule has 2 N–H and O–H groups in total. The molecule has 2 aliphatic heterocycles. The Hall–Kier alpha value is -2.77. The number of fused-ring (bicyclic) bond motifs is 1. The topological polar surface area (TPSA) is 97.0 Å². The first-order valence-electron chi connectivity index (χ1n) is 9.81. The third-order valence-corrected chi connectivity index (χ3v) is 5.67. The predicted octanol–water partition coefficient (Wildman–Crippen LogP) is 1.67. The molecule has 1 saturated carbocycles. The van der Waals surface area contributed by atoms with Gasteiger partial charge in [0.05, 0.1) is 0 Å². The first kappa shape index (κ1) is 18.6. The van der Waals surface area contributed by atoms with Gasteiger partial charge in [-0.2, -0.15) is 0 Å². The van der Waals surface area contributed by atoms with Gasteiger partial charge in [0, 0.05) is 6.04 Å². The molecular weight excluding hydrogens is 362 g/mol. The highest BCUT2D eigenvalue weighted by atomic mass is 16.6. The number of carbonyl (C=O) groups excluding carboxylic acids is 3. The van der Waals surface area contributed by atoms with Crippen molar-refractivity contribution < 1.29 is 23.9 Å². The fourth-order valence-corrected chi connectivity index (χ4v) is 4.05. The van der Waals surface area contributed by atoms with Crippen molar-refractivity contribution >= 4 is 17.8 Å². The molecule has 150 valence electrons. The minimum Gasteiger partial charge on any atom is -0.486 e. The van der Waals surface area contributed by atoms with Crippen molar-refractivity contribution in [1.82, 2.24) is 15.5 Å². The van der Waals surface area contributed by atoms with Crippen molar-refractivity contribution in [3.8, 4) is 11.5 Å². The predicted molar refractivity (Wildman–Crippen MR) is 100 cm³/mol. The Morgan fingerprint density at radius 1 is 1.18 bits per heavy atom. The van der Waals surface area contributed by atoms with Gasteiger partial charge < -0.3 is 20.1 Å². The second kappa shape index (κ2) is 7.33. The van der Waals surface area contributed by atoms with Crippen LogP contribution in [-0.4, -0.2) is 48.5 Å². The molecule has 1 saturated heterocycles. The Morgan fingerprint density at radius 2 is 1.89 bits per heavy atom. The second-order valence-electron chi connectivity index (χ2n) is 7.71. The van der Waals surface area contributed by atoms with Crippen molar-refractivity contribution in [2.24, 2.45) is 0 Å². The molecule has 8 heteroatoms. The van der Waals surface area contributed by atoms with E-state index in [1.165, 1.54) is 6.42 Å². The third-order valence-electron chi connectivity index (χ3n) is 5.67. The summed E-state index contributed by atoms with van der Waals surface area (Å²) in [5.41, 5.74) is -0.664. The zero-order valence-electron chi connectivity index (χ0n) is 16.0. The molecule has 1 aromatic carbocycles. The molecule has 1 aromatic rings. The van der Waals surface area contributed by atoms with Gasteiger partial charge in [-0.25, -0.2) is 4.79 Å². The summed E-state index contributed by atoms with van der Waals surface area (Å²) in [7, 11) is 0. The van der Waals surface area contributed by atoms with E-state index in [4.69, 9.17) is 9.47 Å². The van der Waals surface area contributed by atoms with Crippen LogP contribution in [0.4, 0.5) is 4.79 Å². The van der Waals surface area contributed by atoms with Gasteiger partial charge in [-0.1, -0.05) is 25.3 Å². The maximum atomic E-state index is 13.0. The van der Waals surface area contributed by atoms with Crippen molar-refractivity contribution in [3.05, 3.63) is 23.8 Å². The van der Waals surface area contributed by atoms with Crippen LogP contribution in [-0.2, 0) is 15.1 Å². The standard InChI is InChI=1S/C20H25N3O5/c1-20(13-7-8-15-16(11-13)28-10-9-27-15)18(25)23(19(26)22-20)12-17(24)21-14-5-3-2-4-6-14/h7-8,11,14H,2-6,9-10,12H2,1H3,(H,21,24)(H,22,26)/t20-/m0/s1. The van der Waals surface area contributed by atoms with Crippen LogP contribution < -0.4 is 20.1 Å². The van der Waals surface area contributed by atoms with Crippen LogP contribution in [0, 0.1) is 0 Å². The number of hydrogen-bond acceptors (Lipinski definition) is 5. The lowest BCUT2D eigenvalue weighted by molar-refractivity contribution is -0.135. The van der Waals surface area contributed by atoms with E-state index in [1.54, 1.807) is 25.1 Å². The summed E-state index contributed by atoms with van der Waals surface area (Å²) >= 11 is 0. The van der Waals surface area contributed by atoms with Gasteiger partial charge in [-0.15, -0.1) is 0 Å². The average molecular weight is 387 g/mol. The molecule has 1 atom stereocenters. The molecular formula is C20H25N3O5. The largest absolute Gasteiger partial charge is 0.486 e. The summed E-state index contributed by atoms with van der Waals surface area (Å²) in [5.74, 6) is 0.398. The number of urea groups is 1. The van der Waals surface area contributed by atoms with Crippen molar-refractivity contribution in [1.29, 1.82) is 0 Å². The number of benzene rings is 1. The number of nitrogens with one attached hydrogen (secondary N) is 2. The number of amides is 4. The smallest absolute Gasteiger partial charge is 0.325 e. The third kappa shape index (κ3) is 3.39. The van der Waals surface area contributed by atoms with Crippen LogP contribution in [0.5, 0.6) is 11.5 Å². The number of hydrogen-bond donors (Lipinski definition) is 2. The molecule has 4 rings (SSSR count). The summed E-state index contributed by atoms with van der Waals surface area (Å²) in [6, 6.07) is 4.73. The zero-order valence-corrected chi connectivity index (χ0v) is 16.0. The molecule has 8 nitrogen and oxygen atoms in total. The van der Waals surface area contributed by atoms with E-state index in [1.807, 2.05) is 0 Å². The van der Waals surface area contributed by atoms with Gasteiger partial charge in [0.15, 0.2) is 11.5 Å². The van der Waals surface area contributed by atoms with Crippen LogP contribution in [0.25, 0.3) is 0 Å². The monoisotopic (exact) mass is 387 g/mol. The Balaban J connectivity index is 1.47. The fraction of sp³-hybridized carbons (Fsp3) is 0.550. The molecule has 4 amide bonds. The maximum Gasteiger partial charge on any atom is 0.325 e. The molecule has 2 fully saturated rings. The number of carbonyl (C=O) groups is 3. The van der Waals surface area contributed by atoms with E-state index < -0.39 is 17.5 Å². The summed E-state index contributed by atoms with van der Waals surface area (Å²) in [4.78, 5) is 38.8. The normalized spacial score (nSPS) is 24.8. The van der Waals surface area contributed by atoms with Crippen molar-refractivity contribution in [2.45, 2.75) is 50.6 Å². The Bertz CT molecular complexity index is 805. The van der Waals surface area contributed by atoms with E-state index in [0.29, 0.717) is 30.3 Å². The SMILES string of the molecule is C[C@@]1(c2ccc3c(c2)OCCO3)NC(=O)N(CC(=O)NC2CCCCC2)C1=O. The van der Waals surface area contributed by atoms with Crippen LogP contribution in [0.2, 0.25) is 0 Å². The van der Waals surface area contributed by atoms with E-state index in [-0.39, 0.29) is 18.5 Å². The zero-order chi connectivity index (χ0) is 19.7. The Morgan fingerprint density at radius 3 is 2.64 bits per heavy atom. The highest BCUT2D eigenvalue weighted by Crippen LogP contribution is 2.36. The van der Waals surface area contributed by atoms with Crippen LogP contribution in [0.15, 0.2) is 18.2 Å². The van der Waals surface area contributed by atoms with Gasteiger partial charge in [-0.3, -0.25) is 14.5 Å². The first-order valence-corrected chi connectivity index (χ1v) is 9.81. The van der Waals surface area contributed by atoms with E-state index >= 15 is 0 Å². The number of rotatable bonds is 4. The molecule has 0 aromatic heterocycles. The minimum absolute atomic E-state index is 0.131. The lowest BCUT2D eigenvalue weighted by Gasteiger charge is -2.25. The quantitative estimate of drug-likeness (QED) is 0.766. The van der Waals surface area contributed by atoms with E-state index in [2.05, 4.69) is 10.6 Å². The van der Waals surface area contributed by atoms with E-state index in [9.17, 15) is 14.4 Å². The minimum atomic E-state index is -1.25. The average Bonchev–Trinajstić information content (AvgIpc) is 2.92. The first-order chi connectivity index (χ1) is 13.5. The molecule has 2 heterocycles. The molecule has 0 radical (unpaired) electrons. The van der Waals surface area contributed by atoms with Gasteiger partial charge in [-0.05, 0) is 37.5 Å². The summed E-state index contributed by atoms with van der Waals surface area (Å²) in [5, 5.41) is 5.67. The number of ether oxygens (including phenoxy) is 2. The lowest BCUT2D eigenvalue weighted by atomic mass is 9.91. The van der Waals surface area contributed by atoms with E-state index in [0.717, 1.165) is 30.6 Å². The molecule has 0 bridgehead atoms. The molecule has 3 aliphatic rings. The highest BCUT2D eigenvalue weighted by molar-refractivity contribution is 6.09. The highest BCUT2D eigenvalue weighted by Gasteiger charge is 2.49. The fourth-order valence-electron chi connectivity index (χ4n) is 4.05. The second-order valence-corrected chi connectivity index (χ2v) is 7.71. The van der Waals surface area contributed by atoms with Gasteiger partial charge in [0.1, 0.15) is 25.3 Å². The number of nitrogens with zero attached hydrogens (tertiary/aromatic N) is 1. The van der Waals surface area contributed by atoms with Gasteiger partial charge >= 0.3 is 6.03 Å².